The van der Waals surface area contributed by atoms with Crippen molar-refractivity contribution in [3.05, 3.63) is 28.2 Å². The average molecular weight is 287 g/mol. The van der Waals surface area contributed by atoms with Crippen LogP contribution in [0.25, 0.3) is 0 Å². The number of quaternary nitrogens is 1. The van der Waals surface area contributed by atoms with Gasteiger partial charge >= 0.3 is 0 Å². The first-order valence-electron chi connectivity index (χ1n) is 5.41. The lowest BCUT2D eigenvalue weighted by Gasteiger charge is -2.16. The second-order valence-electron chi connectivity index (χ2n) is 4.02. The minimum atomic E-state index is -0.252. The first kappa shape index (κ1) is 14.8. The molecule has 0 radical (unpaired) electrons. The van der Waals surface area contributed by atoms with Crippen LogP contribution in [0, 0.1) is 11.3 Å². The number of hydrogen-bond acceptors (Lipinski definition) is 2. The van der Waals surface area contributed by atoms with Crippen LogP contribution >= 0.6 is 23.2 Å². The highest BCUT2D eigenvalue weighted by Crippen LogP contribution is 2.29. The minimum absolute atomic E-state index is 0.177. The number of anilines is 1. The zero-order valence-electron chi connectivity index (χ0n) is 10.1. The van der Waals surface area contributed by atoms with Gasteiger partial charge in [-0.15, -0.1) is 0 Å². The van der Waals surface area contributed by atoms with Gasteiger partial charge in [0.05, 0.1) is 22.8 Å². The molecule has 0 heterocycles. The van der Waals surface area contributed by atoms with E-state index in [1.165, 1.54) is 0 Å². The maximum absolute atomic E-state index is 11.8. The minimum Gasteiger partial charge on any atom is -0.319 e. The molecule has 0 aromatic heterocycles. The predicted octanol–water partition coefficient (Wildman–Crippen LogP) is 1.36. The fraction of sp³-hybridized carbons (Fsp3) is 0.333. The molecule has 1 amide bonds. The van der Waals surface area contributed by atoms with Gasteiger partial charge in [-0.05, 0) is 12.1 Å². The van der Waals surface area contributed by atoms with E-state index in [0.717, 1.165) is 4.90 Å². The lowest BCUT2D eigenvalue weighted by molar-refractivity contribution is -0.886. The van der Waals surface area contributed by atoms with Crippen LogP contribution in [0.1, 0.15) is 6.92 Å². The lowest BCUT2D eigenvalue weighted by atomic mass is 10.3. The van der Waals surface area contributed by atoms with Crippen LogP contribution in [0.4, 0.5) is 5.69 Å². The SMILES string of the molecule is C[C@H](C#N)[NH+](C)CC(=O)Nc1c(Cl)cccc1Cl. The molecule has 96 valence electrons. The second-order valence-corrected chi connectivity index (χ2v) is 4.83. The maximum atomic E-state index is 11.8. The predicted molar refractivity (Wildman–Crippen MR) is 71.9 cm³/mol. The first-order chi connectivity index (χ1) is 8.45. The van der Waals surface area contributed by atoms with Crippen molar-refractivity contribution in [1.29, 1.82) is 5.26 Å². The molecule has 0 spiro atoms. The van der Waals surface area contributed by atoms with E-state index < -0.39 is 0 Å². The van der Waals surface area contributed by atoms with Gasteiger partial charge in [0, 0.05) is 6.92 Å². The van der Waals surface area contributed by atoms with E-state index in [2.05, 4.69) is 11.4 Å². The molecule has 1 unspecified atom stereocenters. The van der Waals surface area contributed by atoms with Gasteiger partial charge < -0.3 is 10.2 Å². The van der Waals surface area contributed by atoms with E-state index in [9.17, 15) is 4.79 Å². The van der Waals surface area contributed by atoms with Gasteiger partial charge in [-0.25, -0.2) is 0 Å². The van der Waals surface area contributed by atoms with Gasteiger partial charge in [0.25, 0.3) is 5.91 Å². The Bertz CT molecular complexity index is 464. The number of carbonyl (C=O) groups is 1. The molecule has 2 N–H and O–H groups in total. The summed E-state index contributed by atoms with van der Waals surface area (Å²) in [6, 6.07) is 6.84. The summed E-state index contributed by atoms with van der Waals surface area (Å²) in [6.07, 6.45) is 0. The number of benzene rings is 1. The van der Waals surface area contributed by atoms with Crippen LogP contribution in [0.5, 0.6) is 0 Å². The van der Waals surface area contributed by atoms with Crippen molar-refractivity contribution >= 4 is 34.8 Å². The molecule has 0 aliphatic rings. The molecule has 1 rings (SSSR count). The molecule has 0 saturated carbocycles. The molecule has 2 atom stereocenters. The largest absolute Gasteiger partial charge is 0.319 e. The third kappa shape index (κ3) is 3.88. The molecule has 4 nitrogen and oxygen atoms in total. The molecule has 0 aliphatic heterocycles. The summed E-state index contributed by atoms with van der Waals surface area (Å²) >= 11 is 11.9. The van der Waals surface area contributed by atoms with Crippen molar-refractivity contribution in [3.63, 3.8) is 0 Å². The molecular weight excluding hydrogens is 273 g/mol. The van der Waals surface area contributed by atoms with Gasteiger partial charge in [0.15, 0.2) is 12.6 Å². The van der Waals surface area contributed by atoms with E-state index in [1.54, 1.807) is 32.2 Å². The summed E-state index contributed by atoms with van der Waals surface area (Å²) in [7, 11) is 1.78. The zero-order chi connectivity index (χ0) is 13.7. The van der Waals surface area contributed by atoms with Crippen molar-refractivity contribution < 1.29 is 9.69 Å². The summed E-state index contributed by atoms with van der Waals surface area (Å²) in [5.41, 5.74) is 0.406. The number of nitrogens with one attached hydrogen (secondary N) is 2. The van der Waals surface area contributed by atoms with Gasteiger partial charge in [-0.2, -0.15) is 5.26 Å². The average Bonchev–Trinajstić information content (AvgIpc) is 2.32. The Morgan fingerprint density at radius 1 is 1.50 bits per heavy atom. The number of halogens is 2. The Morgan fingerprint density at radius 3 is 2.56 bits per heavy atom. The number of amides is 1. The lowest BCUT2D eigenvalue weighted by Crippen LogP contribution is -3.13. The van der Waals surface area contributed by atoms with Crippen LogP contribution in [0.15, 0.2) is 18.2 Å². The van der Waals surface area contributed by atoms with Gasteiger partial charge in [0.2, 0.25) is 0 Å². The number of rotatable bonds is 4. The highest BCUT2D eigenvalue weighted by Gasteiger charge is 2.17. The topological polar surface area (TPSA) is 57.3 Å². The Hall–Kier alpha value is -1.28. The third-order valence-corrected chi connectivity index (χ3v) is 3.23. The fourth-order valence-corrected chi connectivity index (χ4v) is 1.81. The van der Waals surface area contributed by atoms with Crippen molar-refractivity contribution in [3.8, 4) is 6.07 Å². The third-order valence-electron chi connectivity index (χ3n) is 2.60. The van der Waals surface area contributed by atoms with E-state index in [4.69, 9.17) is 28.5 Å². The summed E-state index contributed by atoms with van der Waals surface area (Å²) in [6.45, 7) is 1.93. The number of para-hydroxylation sites is 1. The summed E-state index contributed by atoms with van der Waals surface area (Å²) < 4.78 is 0. The maximum Gasteiger partial charge on any atom is 0.279 e. The van der Waals surface area contributed by atoms with Gasteiger partial charge in [-0.3, -0.25) is 4.79 Å². The molecule has 6 heteroatoms. The first-order valence-corrected chi connectivity index (χ1v) is 6.17. The normalized spacial score (nSPS) is 13.5. The molecule has 1 aromatic carbocycles. The quantitative estimate of drug-likeness (QED) is 0.878. The second kappa shape index (κ2) is 6.60. The monoisotopic (exact) mass is 286 g/mol. The molecular formula is C12H14Cl2N3O+. The van der Waals surface area contributed by atoms with Crippen LogP contribution in [-0.2, 0) is 4.79 Å². The Balaban J connectivity index is 2.69. The number of hydrogen-bond donors (Lipinski definition) is 2. The Morgan fingerprint density at radius 2 is 2.06 bits per heavy atom. The standard InChI is InChI=1S/C12H13Cl2N3O/c1-8(6-15)17(2)7-11(18)16-12-9(13)4-3-5-10(12)14/h3-5,8H,7H2,1-2H3,(H,16,18)/p+1/t8-/m1/s1. The van der Waals surface area contributed by atoms with Crippen LogP contribution < -0.4 is 10.2 Å². The van der Waals surface area contributed by atoms with E-state index >= 15 is 0 Å². The van der Waals surface area contributed by atoms with E-state index in [0.29, 0.717) is 15.7 Å². The summed E-state index contributed by atoms with van der Waals surface area (Å²) in [5.74, 6) is -0.232. The summed E-state index contributed by atoms with van der Waals surface area (Å²) in [4.78, 5) is 12.6. The molecule has 0 aliphatic carbocycles. The highest BCUT2D eigenvalue weighted by molar-refractivity contribution is 6.39. The van der Waals surface area contributed by atoms with Crippen LogP contribution in [0.2, 0.25) is 10.0 Å². The smallest absolute Gasteiger partial charge is 0.279 e. The van der Waals surface area contributed by atoms with E-state index in [-0.39, 0.29) is 18.5 Å². The van der Waals surface area contributed by atoms with Crippen molar-refractivity contribution in [2.24, 2.45) is 0 Å². The van der Waals surface area contributed by atoms with Crippen LogP contribution in [-0.4, -0.2) is 25.5 Å². The molecule has 0 fully saturated rings. The Labute approximate surface area is 116 Å². The Kier molecular flexibility index (Phi) is 5.42. The van der Waals surface area contributed by atoms with Gasteiger partial charge in [-0.1, -0.05) is 29.3 Å². The highest BCUT2D eigenvalue weighted by atomic mass is 35.5. The molecule has 0 saturated heterocycles. The van der Waals surface area contributed by atoms with Crippen molar-refractivity contribution in [2.75, 3.05) is 18.9 Å². The van der Waals surface area contributed by atoms with Gasteiger partial charge in [0.1, 0.15) is 6.07 Å². The number of carbonyl (C=O) groups excluding carboxylic acids is 1. The number of nitrogens with zero attached hydrogens (tertiary/aromatic N) is 1. The number of nitriles is 1. The number of likely N-dealkylation sites (N-methyl/N-ethyl adjacent to an activating group) is 1. The summed E-state index contributed by atoms with van der Waals surface area (Å²) in [5, 5.41) is 12.2. The fourth-order valence-electron chi connectivity index (χ4n) is 1.32. The zero-order valence-corrected chi connectivity index (χ0v) is 11.6. The van der Waals surface area contributed by atoms with E-state index in [1.807, 2.05) is 0 Å². The molecule has 18 heavy (non-hydrogen) atoms. The van der Waals surface area contributed by atoms with Crippen LogP contribution in [0.3, 0.4) is 0 Å². The van der Waals surface area contributed by atoms with Crippen molar-refractivity contribution in [1.82, 2.24) is 0 Å². The van der Waals surface area contributed by atoms with Crippen molar-refractivity contribution in [2.45, 2.75) is 13.0 Å². The molecule has 0 bridgehead atoms. The molecule has 1 aromatic rings.